The zero-order valence-corrected chi connectivity index (χ0v) is 9.28. The summed E-state index contributed by atoms with van der Waals surface area (Å²) in [4.78, 5) is 5.02. The van der Waals surface area contributed by atoms with Crippen molar-refractivity contribution in [3.8, 4) is 10.8 Å². The highest BCUT2D eigenvalue weighted by molar-refractivity contribution is 7.09. The van der Waals surface area contributed by atoms with Crippen molar-refractivity contribution >= 4 is 11.5 Å². The van der Waals surface area contributed by atoms with E-state index < -0.39 is 0 Å². The third-order valence-corrected chi connectivity index (χ3v) is 2.69. The van der Waals surface area contributed by atoms with Crippen molar-refractivity contribution in [2.75, 3.05) is 0 Å². The van der Waals surface area contributed by atoms with Crippen LogP contribution in [0.2, 0.25) is 0 Å². The fraction of sp³-hybridized carbons (Fsp3) is 0.500. The predicted octanol–water partition coefficient (Wildman–Crippen LogP) is 1.17. The lowest BCUT2D eigenvalue weighted by molar-refractivity contribution is 0.418. The van der Waals surface area contributed by atoms with Crippen LogP contribution in [0.1, 0.15) is 31.4 Å². The summed E-state index contributed by atoms with van der Waals surface area (Å²) in [6, 6.07) is -0.228. The zero-order valence-electron chi connectivity index (χ0n) is 8.47. The Kier molecular flexibility index (Phi) is 2.74. The van der Waals surface area contributed by atoms with Gasteiger partial charge in [0.2, 0.25) is 0 Å². The van der Waals surface area contributed by atoms with Gasteiger partial charge in [0.25, 0.3) is 5.89 Å². The molecular weight excluding hydrogens is 214 g/mol. The lowest BCUT2D eigenvalue weighted by Crippen LogP contribution is -2.06. The van der Waals surface area contributed by atoms with Gasteiger partial charge in [0, 0.05) is 0 Å². The average Bonchev–Trinajstić information content (AvgIpc) is 2.85. The maximum atomic E-state index is 5.64. The van der Waals surface area contributed by atoms with E-state index in [4.69, 9.17) is 10.3 Å². The van der Waals surface area contributed by atoms with Crippen molar-refractivity contribution < 1.29 is 4.52 Å². The molecule has 0 aliphatic heterocycles. The molecule has 0 spiro atoms. The molecule has 0 saturated carbocycles. The first-order valence-electron chi connectivity index (χ1n) is 4.63. The molecule has 15 heavy (non-hydrogen) atoms. The third kappa shape index (κ3) is 1.88. The van der Waals surface area contributed by atoms with Gasteiger partial charge in [-0.25, -0.2) is 0 Å². The summed E-state index contributed by atoms with van der Waals surface area (Å²) in [5.41, 5.74) is 6.51. The van der Waals surface area contributed by atoms with Gasteiger partial charge in [0.05, 0.1) is 11.7 Å². The number of nitrogens with two attached hydrogens (primary N) is 1. The van der Waals surface area contributed by atoms with Gasteiger partial charge in [-0.05, 0) is 24.9 Å². The molecule has 0 bridgehead atoms. The van der Waals surface area contributed by atoms with Crippen molar-refractivity contribution in [2.45, 2.75) is 26.3 Å². The molecule has 1 unspecified atom stereocenters. The quantitative estimate of drug-likeness (QED) is 0.843. The van der Waals surface area contributed by atoms with E-state index in [-0.39, 0.29) is 6.04 Å². The molecule has 0 aromatic carbocycles. The third-order valence-electron chi connectivity index (χ3n) is 1.93. The lowest BCUT2D eigenvalue weighted by Gasteiger charge is -1.93. The van der Waals surface area contributed by atoms with Gasteiger partial charge in [0.15, 0.2) is 5.82 Å². The van der Waals surface area contributed by atoms with Gasteiger partial charge in [0.1, 0.15) is 4.88 Å². The topological polar surface area (TPSA) is 90.7 Å². The number of hydrogen-bond acceptors (Lipinski definition) is 7. The number of hydrogen-bond donors (Lipinski definition) is 1. The second kappa shape index (κ2) is 4.03. The Labute approximate surface area is 90.7 Å². The SMILES string of the molecule is CCc1nnsc1-c1nc(C(C)N)no1. The van der Waals surface area contributed by atoms with Crippen molar-refractivity contribution in [1.82, 2.24) is 19.7 Å². The van der Waals surface area contributed by atoms with Crippen LogP contribution < -0.4 is 5.73 Å². The second-order valence-electron chi connectivity index (χ2n) is 3.15. The summed E-state index contributed by atoms with van der Waals surface area (Å²) in [6.45, 7) is 3.81. The molecule has 0 fully saturated rings. The Balaban J connectivity index is 2.37. The highest BCUT2D eigenvalue weighted by Crippen LogP contribution is 2.25. The molecule has 1 atom stereocenters. The second-order valence-corrected chi connectivity index (χ2v) is 3.90. The Morgan fingerprint density at radius 1 is 1.53 bits per heavy atom. The standard InChI is InChI=1S/C8H11N5OS/c1-3-5-6(15-13-11-5)8-10-7(4(2)9)12-14-8/h4H,3,9H2,1-2H3. The largest absolute Gasteiger partial charge is 0.333 e. The van der Waals surface area contributed by atoms with Crippen molar-refractivity contribution in [3.63, 3.8) is 0 Å². The van der Waals surface area contributed by atoms with Gasteiger partial charge in [-0.1, -0.05) is 16.6 Å². The van der Waals surface area contributed by atoms with Gasteiger partial charge in [-0.3, -0.25) is 0 Å². The van der Waals surface area contributed by atoms with E-state index in [1.165, 1.54) is 11.5 Å². The van der Waals surface area contributed by atoms with E-state index in [9.17, 15) is 0 Å². The molecule has 2 aromatic heterocycles. The van der Waals surface area contributed by atoms with Crippen LogP contribution in [0.4, 0.5) is 0 Å². The van der Waals surface area contributed by atoms with Gasteiger partial charge in [-0.15, -0.1) is 5.10 Å². The molecule has 2 N–H and O–H groups in total. The first kappa shape index (κ1) is 10.2. The summed E-state index contributed by atoms with van der Waals surface area (Å²) in [5.74, 6) is 0.953. The number of nitrogens with zero attached hydrogens (tertiary/aromatic N) is 4. The fourth-order valence-corrected chi connectivity index (χ4v) is 1.79. The molecular formula is C8H11N5OS. The molecule has 0 saturated heterocycles. The van der Waals surface area contributed by atoms with Crippen molar-refractivity contribution in [2.24, 2.45) is 5.73 Å². The molecule has 6 nitrogen and oxygen atoms in total. The van der Waals surface area contributed by atoms with Crippen LogP contribution in [0.5, 0.6) is 0 Å². The Bertz CT molecular complexity index is 449. The van der Waals surface area contributed by atoms with E-state index in [1.807, 2.05) is 6.92 Å². The minimum Gasteiger partial charge on any atom is -0.333 e. The normalized spacial score (nSPS) is 13.0. The van der Waals surface area contributed by atoms with Gasteiger partial charge in [-0.2, -0.15) is 4.98 Å². The molecule has 0 radical (unpaired) electrons. The summed E-state index contributed by atoms with van der Waals surface area (Å²) in [5, 5.41) is 7.76. The molecule has 0 amide bonds. The summed E-state index contributed by atoms with van der Waals surface area (Å²) in [7, 11) is 0. The van der Waals surface area contributed by atoms with Crippen LogP contribution in [0.25, 0.3) is 10.8 Å². The van der Waals surface area contributed by atoms with E-state index in [2.05, 4.69) is 19.7 Å². The smallest absolute Gasteiger partial charge is 0.271 e. The first-order chi connectivity index (χ1) is 7.22. The average molecular weight is 225 g/mol. The van der Waals surface area contributed by atoms with Crippen LogP contribution in [-0.2, 0) is 6.42 Å². The fourth-order valence-electron chi connectivity index (χ4n) is 1.11. The lowest BCUT2D eigenvalue weighted by atomic mass is 10.3. The molecule has 0 aliphatic carbocycles. The summed E-state index contributed by atoms with van der Waals surface area (Å²) in [6.07, 6.45) is 0.793. The van der Waals surface area contributed by atoms with E-state index >= 15 is 0 Å². The van der Waals surface area contributed by atoms with Crippen LogP contribution in [0.15, 0.2) is 4.52 Å². The molecule has 2 rings (SSSR count). The minimum atomic E-state index is -0.228. The Hall–Kier alpha value is -1.34. The van der Waals surface area contributed by atoms with Gasteiger partial charge < -0.3 is 10.3 Å². The first-order valence-corrected chi connectivity index (χ1v) is 5.40. The molecule has 80 valence electrons. The molecule has 0 aliphatic rings. The van der Waals surface area contributed by atoms with Crippen LogP contribution in [-0.4, -0.2) is 19.7 Å². The maximum Gasteiger partial charge on any atom is 0.271 e. The summed E-state index contributed by atoms with van der Waals surface area (Å²) >= 11 is 1.25. The van der Waals surface area contributed by atoms with Gasteiger partial charge >= 0.3 is 0 Å². The summed E-state index contributed by atoms with van der Waals surface area (Å²) < 4.78 is 8.96. The number of aryl methyl sites for hydroxylation is 1. The Morgan fingerprint density at radius 3 is 2.93 bits per heavy atom. The van der Waals surface area contributed by atoms with Crippen LogP contribution in [0, 0.1) is 0 Å². The molecule has 7 heteroatoms. The van der Waals surface area contributed by atoms with Crippen LogP contribution in [0.3, 0.4) is 0 Å². The Morgan fingerprint density at radius 2 is 2.33 bits per heavy atom. The predicted molar refractivity (Wildman–Crippen MR) is 55.2 cm³/mol. The zero-order chi connectivity index (χ0) is 10.8. The molecule has 2 heterocycles. The van der Waals surface area contributed by atoms with Crippen molar-refractivity contribution in [1.29, 1.82) is 0 Å². The van der Waals surface area contributed by atoms with Crippen LogP contribution >= 0.6 is 11.5 Å². The van der Waals surface area contributed by atoms with Crippen molar-refractivity contribution in [3.05, 3.63) is 11.5 Å². The van der Waals surface area contributed by atoms with E-state index in [1.54, 1.807) is 6.92 Å². The van der Waals surface area contributed by atoms with E-state index in [0.717, 1.165) is 17.0 Å². The molecule has 2 aromatic rings. The highest BCUT2D eigenvalue weighted by atomic mass is 32.1. The number of aromatic nitrogens is 4. The minimum absolute atomic E-state index is 0.228. The number of rotatable bonds is 3. The van der Waals surface area contributed by atoms with E-state index in [0.29, 0.717) is 11.7 Å². The maximum absolute atomic E-state index is 5.64. The highest BCUT2D eigenvalue weighted by Gasteiger charge is 2.17. The monoisotopic (exact) mass is 225 g/mol.